The van der Waals surface area contributed by atoms with E-state index in [4.69, 9.17) is 9.84 Å². The summed E-state index contributed by atoms with van der Waals surface area (Å²) < 4.78 is 9.29. The molecule has 3 N–H and O–H groups in total. The van der Waals surface area contributed by atoms with Crippen molar-refractivity contribution >= 4 is 12.2 Å². The van der Waals surface area contributed by atoms with Gasteiger partial charge in [0.1, 0.15) is 13.2 Å². The minimum absolute atomic E-state index is 0.00260. The molecule has 0 aliphatic carbocycles. The van der Waals surface area contributed by atoms with Gasteiger partial charge in [-0.1, -0.05) is 19.2 Å². The van der Waals surface area contributed by atoms with Gasteiger partial charge in [-0.25, -0.2) is 9.59 Å². The number of aliphatic hydroxyl groups is 2. The van der Waals surface area contributed by atoms with Crippen LogP contribution < -0.4 is 5.32 Å². The van der Waals surface area contributed by atoms with Crippen LogP contribution in [0.3, 0.4) is 0 Å². The van der Waals surface area contributed by atoms with E-state index in [1.54, 1.807) is 0 Å². The number of aliphatic hydroxyl groups excluding tert-OH is 2. The van der Waals surface area contributed by atoms with Crippen LogP contribution in [0.15, 0.2) is 24.9 Å². The molecule has 8 nitrogen and oxygen atoms in total. The second kappa shape index (κ2) is 9.06. The zero-order valence-electron chi connectivity index (χ0n) is 12.4. The Hall–Kier alpha value is -2.06. The van der Waals surface area contributed by atoms with Crippen molar-refractivity contribution in [3.8, 4) is 0 Å². The van der Waals surface area contributed by atoms with E-state index in [-0.39, 0.29) is 25.8 Å². The van der Waals surface area contributed by atoms with Crippen LogP contribution in [-0.4, -0.2) is 65.8 Å². The standard InChI is InChI=1S/C10H17NO4.C4H5NO2/c1-2-5-15-10(14)11-7-9(13)6-8(11)3-4-12;1-3-2-7-4(6)5-3/h2,8-9,12-13H,1,3-7H2;1-2H2,(H,5,6). The van der Waals surface area contributed by atoms with Gasteiger partial charge < -0.3 is 24.6 Å². The van der Waals surface area contributed by atoms with Crippen molar-refractivity contribution in [1.29, 1.82) is 0 Å². The number of nitrogens with zero attached hydrogens (tertiary/aromatic N) is 1. The number of alkyl carbamates (subject to hydrolysis) is 1. The van der Waals surface area contributed by atoms with Crippen molar-refractivity contribution in [2.45, 2.75) is 25.0 Å². The maximum Gasteiger partial charge on any atom is 0.411 e. The number of hydrogen-bond acceptors (Lipinski definition) is 6. The quantitative estimate of drug-likeness (QED) is 0.647. The highest BCUT2D eigenvalue weighted by Crippen LogP contribution is 2.21. The van der Waals surface area contributed by atoms with Gasteiger partial charge >= 0.3 is 12.2 Å². The lowest BCUT2D eigenvalue weighted by atomic mass is 10.1. The van der Waals surface area contributed by atoms with Gasteiger partial charge in [0.25, 0.3) is 0 Å². The van der Waals surface area contributed by atoms with E-state index in [0.29, 0.717) is 25.1 Å². The predicted molar refractivity (Wildman–Crippen MR) is 78.0 cm³/mol. The summed E-state index contributed by atoms with van der Waals surface area (Å²) in [5, 5.41) is 20.6. The predicted octanol–water partition coefficient (Wildman–Crippen LogP) is 0.366. The normalized spacial score (nSPS) is 23.3. The van der Waals surface area contributed by atoms with E-state index < -0.39 is 18.3 Å². The monoisotopic (exact) mass is 314 g/mol. The molecule has 8 heteroatoms. The summed E-state index contributed by atoms with van der Waals surface area (Å²) in [4.78, 5) is 23.0. The Balaban J connectivity index is 0.000000287. The number of nitrogens with one attached hydrogen (secondary N) is 1. The summed E-state index contributed by atoms with van der Waals surface area (Å²) in [5.74, 6) is 0. The SMILES string of the molecule is C=C1COC(=O)N1.C=CCOC(=O)N1CC(O)CC1CCO. The Kier molecular flexibility index (Phi) is 7.41. The second-order valence-electron chi connectivity index (χ2n) is 4.88. The third kappa shape index (κ3) is 5.74. The zero-order valence-corrected chi connectivity index (χ0v) is 12.4. The summed E-state index contributed by atoms with van der Waals surface area (Å²) in [6.07, 6.45) is 1.10. The van der Waals surface area contributed by atoms with Gasteiger partial charge in [0.15, 0.2) is 0 Å². The van der Waals surface area contributed by atoms with E-state index in [1.807, 2.05) is 0 Å². The average molecular weight is 314 g/mol. The molecule has 22 heavy (non-hydrogen) atoms. The smallest absolute Gasteiger partial charge is 0.411 e. The number of ether oxygens (including phenoxy) is 2. The van der Waals surface area contributed by atoms with Crippen molar-refractivity contribution < 1.29 is 29.3 Å². The second-order valence-corrected chi connectivity index (χ2v) is 4.88. The highest BCUT2D eigenvalue weighted by molar-refractivity contribution is 5.72. The van der Waals surface area contributed by atoms with Crippen LogP contribution >= 0.6 is 0 Å². The van der Waals surface area contributed by atoms with Crippen LogP contribution in [0.4, 0.5) is 9.59 Å². The molecular formula is C14H22N2O6. The van der Waals surface area contributed by atoms with Crippen molar-refractivity contribution in [3.05, 3.63) is 24.9 Å². The van der Waals surface area contributed by atoms with E-state index >= 15 is 0 Å². The van der Waals surface area contributed by atoms with Crippen molar-refractivity contribution in [1.82, 2.24) is 10.2 Å². The Labute approximate surface area is 129 Å². The number of carbonyl (C=O) groups excluding carboxylic acids is 2. The van der Waals surface area contributed by atoms with Crippen LogP contribution in [-0.2, 0) is 9.47 Å². The summed E-state index contributed by atoms with van der Waals surface area (Å²) in [5.41, 5.74) is 0.630. The lowest BCUT2D eigenvalue weighted by molar-refractivity contribution is 0.0979. The molecule has 0 radical (unpaired) electrons. The van der Waals surface area contributed by atoms with Gasteiger partial charge in [0.2, 0.25) is 0 Å². The molecule has 2 heterocycles. The first-order valence-corrected chi connectivity index (χ1v) is 6.92. The number of likely N-dealkylation sites (tertiary alicyclic amines) is 1. The molecule has 0 saturated carbocycles. The van der Waals surface area contributed by atoms with Crippen LogP contribution in [0, 0.1) is 0 Å². The average Bonchev–Trinajstić information content (AvgIpc) is 3.02. The van der Waals surface area contributed by atoms with E-state index in [2.05, 4.69) is 23.2 Å². The van der Waals surface area contributed by atoms with E-state index in [1.165, 1.54) is 11.0 Å². The highest BCUT2D eigenvalue weighted by Gasteiger charge is 2.34. The molecule has 2 saturated heterocycles. The Bertz CT molecular complexity index is 412. The first kappa shape index (κ1) is 18.0. The number of rotatable bonds is 4. The van der Waals surface area contributed by atoms with Gasteiger partial charge in [-0.05, 0) is 12.8 Å². The molecule has 2 amide bonds. The molecule has 2 unspecified atom stereocenters. The highest BCUT2D eigenvalue weighted by atomic mass is 16.6. The summed E-state index contributed by atoms with van der Waals surface area (Å²) in [6.45, 7) is 7.66. The maximum absolute atomic E-state index is 11.5. The molecule has 0 aromatic heterocycles. The third-order valence-electron chi connectivity index (χ3n) is 3.07. The molecule has 0 aromatic carbocycles. The van der Waals surface area contributed by atoms with Gasteiger partial charge in [-0.15, -0.1) is 0 Å². The summed E-state index contributed by atoms with van der Waals surface area (Å²) >= 11 is 0. The van der Waals surface area contributed by atoms with Gasteiger partial charge in [0, 0.05) is 12.6 Å². The number of amides is 2. The lowest BCUT2D eigenvalue weighted by Crippen LogP contribution is -2.37. The first-order valence-electron chi connectivity index (χ1n) is 6.92. The number of cyclic esters (lactones) is 1. The fraction of sp³-hybridized carbons (Fsp3) is 0.571. The van der Waals surface area contributed by atoms with Gasteiger partial charge in [-0.2, -0.15) is 0 Å². The van der Waals surface area contributed by atoms with Crippen molar-refractivity contribution in [2.24, 2.45) is 0 Å². The molecule has 0 aromatic rings. The molecule has 0 spiro atoms. The third-order valence-corrected chi connectivity index (χ3v) is 3.07. The molecule has 2 atom stereocenters. The molecule has 2 fully saturated rings. The van der Waals surface area contributed by atoms with Crippen molar-refractivity contribution in [2.75, 3.05) is 26.4 Å². The number of β-amino-alcohol motifs (C(OH)–C–C–N with tert-alkyl or cyclic N) is 1. The fourth-order valence-corrected chi connectivity index (χ4v) is 2.12. The molecular weight excluding hydrogens is 292 g/mol. The maximum atomic E-state index is 11.5. The van der Waals surface area contributed by atoms with E-state index in [9.17, 15) is 14.7 Å². The van der Waals surface area contributed by atoms with Gasteiger partial charge in [0.05, 0.1) is 18.3 Å². The minimum atomic E-state index is -0.516. The Morgan fingerprint density at radius 2 is 2.32 bits per heavy atom. The van der Waals surface area contributed by atoms with Crippen LogP contribution in [0.2, 0.25) is 0 Å². The zero-order chi connectivity index (χ0) is 16.5. The molecule has 2 rings (SSSR count). The van der Waals surface area contributed by atoms with Crippen molar-refractivity contribution in [3.63, 3.8) is 0 Å². The Morgan fingerprint density at radius 1 is 1.59 bits per heavy atom. The minimum Gasteiger partial charge on any atom is -0.445 e. The largest absolute Gasteiger partial charge is 0.445 e. The Morgan fingerprint density at radius 3 is 2.77 bits per heavy atom. The van der Waals surface area contributed by atoms with Crippen LogP contribution in [0.5, 0.6) is 0 Å². The summed E-state index contributed by atoms with van der Waals surface area (Å²) in [6, 6.07) is -0.123. The number of hydrogen-bond donors (Lipinski definition) is 3. The molecule has 0 bridgehead atoms. The molecule has 2 aliphatic rings. The summed E-state index contributed by atoms with van der Waals surface area (Å²) in [7, 11) is 0. The fourth-order valence-electron chi connectivity index (χ4n) is 2.12. The first-order chi connectivity index (χ1) is 10.5. The number of carbonyl (C=O) groups is 2. The van der Waals surface area contributed by atoms with E-state index in [0.717, 1.165) is 0 Å². The molecule has 2 aliphatic heterocycles. The topological polar surface area (TPSA) is 108 Å². The molecule has 124 valence electrons. The van der Waals surface area contributed by atoms with Crippen LogP contribution in [0.1, 0.15) is 12.8 Å². The van der Waals surface area contributed by atoms with Gasteiger partial charge in [-0.3, -0.25) is 5.32 Å². The lowest BCUT2D eigenvalue weighted by Gasteiger charge is -2.22. The van der Waals surface area contributed by atoms with Crippen LogP contribution in [0.25, 0.3) is 0 Å².